The van der Waals surface area contributed by atoms with Crippen LogP contribution < -0.4 is 0 Å². The Morgan fingerprint density at radius 3 is 2.31 bits per heavy atom. The summed E-state index contributed by atoms with van der Waals surface area (Å²) in [4.78, 5) is 14.5. The van der Waals surface area contributed by atoms with Crippen molar-refractivity contribution in [3.8, 4) is 0 Å². The van der Waals surface area contributed by atoms with E-state index in [-0.39, 0.29) is 17.6 Å². The topological polar surface area (TPSA) is 57.7 Å². The molecular formula is C21H24Cl2N2O3S. The third-order valence-corrected chi connectivity index (χ3v) is 7.65. The van der Waals surface area contributed by atoms with Crippen molar-refractivity contribution < 1.29 is 13.2 Å². The molecule has 0 bridgehead atoms. The van der Waals surface area contributed by atoms with Crippen LogP contribution in [0.3, 0.4) is 0 Å². The van der Waals surface area contributed by atoms with Gasteiger partial charge in [0.05, 0.1) is 5.75 Å². The van der Waals surface area contributed by atoms with Crippen molar-refractivity contribution in [1.29, 1.82) is 0 Å². The van der Waals surface area contributed by atoms with Crippen molar-refractivity contribution in [1.82, 2.24) is 9.21 Å². The van der Waals surface area contributed by atoms with E-state index in [1.54, 1.807) is 48.3 Å². The maximum Gasteiger partial charge on any atom is 0.225 e. The first kappa shape index (κ1) is 22.1. The average Bonchev–Trinajstić information content (AvgIpc) is 2.71. The molecule has 0 aromatic heterocycles. The number of rotatable bonds is 6. The zero-order valence-corrected chi connectivity index (χ0v) is 18.6. The highest BCUT2D eigenvalue weighted by molar-refractivity contribution is 7.88. The van der Waals surface area contributed by atoms with Crippen molar-refractivity contribution in [2.45, 2.75) is 25.1 Å². The molecular weight excluding hydrogens is 431 g/mol. The summed E-state index contributed by atoms with van der Waals surface area (Å²) in [6.45, 7) is 1.19. The van der Waals surface area contributed by atoms with Gasteiger partial charge in [-0.15, -0.1) is 0 Å². The molecule has 1 aliphatic heterocycles. The largest absolute Gasteiger partial charge is 0.341 e. The highest BCUT2D eigenvalue weighted by atomic mass is 35.5. The molecule has 1 amide bonds. The maximum atomic E-state index is 12.8. The quantitative estimate of drug-likeness (QED) is 0.656. The summed E-state index contributed by atoms with van der Waals surface area (Å²) >= 11 is 12.0. The van der Waals surface area contributed by atoms with Crippen molar-refractivity contribution >= 4 is 39.1 Å². The molecule has 0 atom stereocenters. The fourth-order valence-electron chi connectivity index (χ4n) is 3.54. The molecule has 8 heteroatoms. The number of hydrogen-bond acceptors (Lipinski definition) is 3. The number of hydrogen-bond donors (Lipinski definition) is 0. The van der Waals surface area contributed by atoms with Crippen molar-refractivity contribution in [2.24, 2.45) is 5.92 Å². The van der Waals surface area contributed by atoms with E-state index < -0.39 is 10.0 Å². The van der Waals surface area contributed by atoms with Gasteiger partial charge in [0.1, 0.15) is 0 Å². The Morgan fingerprint density at radius 2 is 1.69 bits per heavy atom. The van der Waals surface area contributed by atoms with E-state index in [0.29, 0.717) is 48.1 Å². The lowest BCUT2D eigenvalue weighted by molar-refractivity contribution is -0.135. The van der Waals surface area contributed by atoms with Crippen LogP contribution in [0.25, 0.3) is 0 Å². The summed E-state index contributed by atoms with van der Waals surface area (Å²) in [6.07, 6.45) is 1.04. The molecule has 0 N–H and O–H groups in total. The fourth-order valence-corrected chi connectivity index (χ4v) is 5.54. The van der Waals surface area contributed by atoms with Gasteiger partial charge in [0.25, 0.3) is 0 Å². The molecule has 0 saturated carbocycles. The molecule has 29 heavy (non-hydrogen) atoms. The lowest BCUT2D eigenvalue weighted by atomic mass is 9.96. The molecule has 0 unspecified atom stereocenters. The Hall–Kier alpha value is -1.60. The summed E-state index contributed by atoms with van der Waals surface area (Å²) in [5.74, 6) is -0.246. The van der Waals surface area contributed by atoms with E-state index in [4.69, 9.17) is 23.2 Å². The third-order valence-electron chi connectivity index (χ3n) is 5.20. The maximum absolute atomic E-state index is 12.8. The average molecular weight is 455 g/mol. The number of benzene rings is 2. The third kappa shape index (κ3) is 5.72. The first-order valence-corrected chi connectivity index (χ1v) is 11.8. The molecule has 5 nitrogen and oxygen atoms in total. The number of sulfonamides is 1. The van der Waals surface area contributed by atoms with Crippen LogP contribution in [0.15, 0.2) is 48.5 Å². The minimum Gasteiger partial charge on any atom is -0.341 e. The summed E-state index contributed by atoms with van der Waals surface area (Å²) in [5.41, 5.74) is 1.60. The molecule has 1 saturated heterocycles. The van der Waals surface area contributed by atoms with E-state index in [2.05, 4.69) is 0 Å². The first-order valence-electron chi connectivity index (χ1n) is 9.47. The molecule has 156 valence electrons. The number of piperidine rings is 1. The van der Waals surface area contributed by atoms with Gasteiger partial charge in [-0.1, -0.05) is 53.5 Å². The highest BCUT2D eigenvalue weighted by Crippen LogP contribution is 2.25. The number of amides is 1. The zero-order valence-electron chi connectivity index (χ0n) is 16.2. The summed E-state index contributed by atoms with van der Waals surface area (Å²) in [5, 5.41) is 1.11. The number of carbonyl (C=O) groups is 1. The second-order valence-electron chi connectivity index (χ2n) is 7.34. The van der Waals surface area contributed by atoms with E-state index in [0.717, 1.165) is 5.56 Å². The predicted octanol–water partition coefficient (Wildman–Crippen LogP) is 4.19. The van der Waals surface area contributed by atoms with Crippen molar-refractivity contribution in [2.75, 3.05) is 20.1 Å². The second-order valence-corrected chi connectivity index (χ2v) is 10.2. The van der Waals surface area contributed by atoms with Gasteiger partial charge in [-0.25, -0.2) is 12.7 Å². The smallest absolute Gasteiger partial charge is 0.225 e. The predicted molar refractivity (Wildman–Crippen MR) is 116 cm³/mol. The minimum absolute atomic E-state index is 0.0445. The van der Waals surface area contributed by atoms with E-state index in [1.807, 2.05) is 12.1 Å². The van der Waals surface area contributed by atoms with Crippen LogP contribution in [-0.2, 0) is 27.1 Å². The van der Waals surface area contributed by atoms with Gasteiger partial charge in [-0.3, -0.25) is 4.79 Å². The molecule has 0 spiro atoms. The van der Waals surface area contributed by atoms with Gasteiger partial charge < -0.3 is 4.90 Å². The van der Waals surface area contributed by atoms with Crippen LogP contribution in [0, 0.1) is 5.92 Å². The van der Waals surface area contributed by atoms with Crippen LogP contribution in [0.2, 0.25) is 10.0 Å². The standard InChI is InChI=1S/C21H24Cl2N2O3S/c1-24(14-16-6-8-19(22)9-7-16)21(26)17-10-12-25(13-11-17)29(27,28)15-18-4-2-3-5-20(18)23/h2-9,17H,10-15H2,1H3. The van der Waals surface area contributed by atoms with Gasteiger partial charge in [0.2, 0.25) is 15.9 Å². The van der Waals surface area contributed by atoms with Gasteiger partial charge >= 0.3 is 0 Å². The van der Waals surface area contributed by atoms with Gasteiger partial charge in [-0.05, 0) is 42.2 Å². The summed E-state index contributed by atoms with van der Waals surface area (Å²) in [7, 11) is -1.69. The molecule has 1 fully saturated rings. The SMILES string of the molecule is CN(Cc1ccc(Cl)cc1)C(=O)C1CCN(S(=O)(=O)Cc2ccccc2Cl)CC1. The van der Waals surface area contributed by atoms with Gasteiger partial charge in [0, 0.05) is 42.6 Å². The van der Waals surface area contributed by atoms with Crippen molar-refractivity contribution in [3.05, 3.63) is 69.7 Å². The Kier molecular flexibility index (Phi) is 7.22. The Bertz CT molecular complexity index is 956. The highest BCUT2D eigenvalue weighted by Gasteiger charge is 2.32. The van der Waals surface area contributed by atoms with Crippen molar-refractivity contribution in [3.63, 3.8) is 0 Å². The van der Waals surface area contributed by atoms with E-state index in [9.17, 15) is 13.2 Å². The summed E-state index contributed by atoms with van der Waals surface area (Å²) < 4.78 is 27.0. The molecule has 1 aliphatic rings. The minimum atomic E-state index is -3.47. The van der Waals surface area contributed by atoms with E-state index in [1.165, 1.54) is 4.31 Å². The van der Waals surface area contributed by atoms with Crippen LogP contribution >= 0.6 is 23.2 Å². The summed E-state index contributed by atoms with van der Waals surface area (Å²) in [6, 6.07) is 14.4. The second kappa shape index (κ2) is 9.47. The molecule has 0 aliphatic carbocycles. The molecule has 3 rings (SSSR count). The molecule has 2 aromatic carbocycles. The number of halogens is 2. The molecule has 0 radical (unpaired) electrons. The molecule has 2 aromatic rings. The number of nitrogens with zero attached hydrogens (tertiary/aromatic N) is 2. The normalized spacial score (nSPS) is 16.0. The fraction of sp³-hybridized carbons (Fsp3) is 0.381. The van der Waals surface area contributed by atoms with Gasteiger partial charge in [0.15, 0.2) is 0 Å². The zero-order chi connectivity index (χ0) is 21.0. The Balaban J connectivity index is 1.55. The lowest BCUT2D eigenvalue weighted by Crippen LogP contribution is -2.43. The molecule has 1 heterocycles. The number of carbonyl (C=O) groups excluding carboxylic acids is 1. The van der Waals surface area contributed by atoms with E-state index >= 15 is 0 Å². The Morgan fingerprint density at radius 1 is 1.07 bits per heavy atom. The van der Waals surface area contributed by atoms with Gasteiger partial charge in [-0.2, -0.15) is 0 Å². The lowest BCUT2D eigenvalue weighted by Gasteiger charge is -2.32. The van der Waals surface area contributed by atoms with Crippen LogP contribution in [0.5, 0.6) is 0 Å². The van der Waals surface area contributed by atoms with Crippen LogP contribution in [0.4, 0.5) is 0 Å². The van der Waals surface area contributed by atoms with Crippen LogP contribution in [-0.4, -0.2) is 43.7 Å². The Labute approximate surface area is 182 Å². The first-order chi connectivity index (χ1) is 13.8. The van der Waals surface area contributed by atoms with Crippen LogP contribution in [0.1, 0.15) is 24.0 Å². The monoisotopic (exact) mass is 454 g/mol.